The average Bonchev–Trinajstić information content (AvgIpc) is 2.80. The van der Waals surface area contributed by atoms with Crippen molar-refractivity contribution in [2.75, 3.05) is 0 Å². The van der Waals surface area contributed by atoms with Crippen molar-refractivity contribution in [1.82, 2.24) is 10.4 Å². The second-order valence-corrected chi connectivity index (χ2v) is 7.15. The van der Waals surface area contributed by atoms with Gasteiger partial charge >= 0.3 is 0 Å². The summed E-state index contributed by atoms with van der Waals surface area (Å²) in [6, 6.07) is 22.0. The topological polar surface area (TPSA) is 74.6 Å². The summed E-state index contributed by atoms with van der Waals surface area (Å²) in [6.45, 7) is 0. The van der Waals surface area contributed by atoms with E-state index < -0.39 is 5.91 Å². The average molecular weight is 428 g/mol. The summed E-state index contributed by atoms with van der Waals surface area (Å²) in [5, 5.41) is 15.7. The summed E-state index contributed by atoms with van der Waals surface area (Å²) >= 11 is 5.85. The maximum Gasteiger partial charge on any atom is 0.271 e. The molecule has 5 nitrogen and oxygen atoms in total. The van der Waals surface area contributed by atoms with E-state index in [1.54, 1.807) is 12.4 Å². The van der Waals surface area contributed by atoms with Gasteiger partial charge in [0, 0.05) is 17.3 Å². The maximum atomic E-state index is 12.3. The summed E-state index contributed by atoms with van der Waals surface area (Å²) in [4.78, 5) is 16.6. The van der Waals surface area contributed by atoms with E-state index in [1.165, 1.54) is 18.2 Å². The first-order valence-corrected chi connectivity index (χ1v) is 9.92. The summed E-state index contributed by atoms with van der Waals surface area (Å²) < 4.78 is 0. The van der Waals surface area contributed by atoms with Crippen molar-refractivity contribution in [3.05, 3.63) is 106 Å². The Balaban J connectivity index is 1.56. The minimum Gasteiger partial charge on any atom is -0.506 e. The SMILES string of the molecule is O=C(N/N=C/c1ccc(/C=C/c2ccccn2)c2ccccc12)c1ccc(O)c(Cl)c1. The minimum absolute atomic E-state index is 0.0784. The number of phenols is 1. The highest BCUT2D eigenvalue weighted by molar-refractivity contribution is 6.32. The van der Waals surface area contributed by atoms with Gasteiger partial charge in [-0.3, -0.25) is 9.78 Å². The number of aromatic nitrogens is 1. The molecule has 4 aromatic rings. The van der Waals surface area contributed by atoms with Crippen molar-refractivity contribution < 1.29 is 9.90 Å². The Morgan fingerprint density at radius 3 is 2.42 bits per heavy atom. The van der Waals surface area contributed by atoms with Gasteiger partial charge in [0.1, 0.15) is 5.75 Å². The normalized spacial score (nSPS) is 11.4. The van der Waals surface area contributed by atoms with Gasteiger partial charge < -0.3 is 5.11 Å². The third kappa shape index (κ3) is 4.79. The predicted molar refractivity (Wildman–Crippen MR) is 125 cm³/mol. The van der Waals surface area contributed by atoms with Crippen molar-refractivity contribution >= 4 is 46.6 Å². The highest BCUT2D eigenvalue weighted by Crippen LogP contribution is 2.24. The van der Waals surface area contributed by atoms with Gasteiger partial charge in [-0.2, -0.15) is 5.10 Å². The van der Waals surface area contributed by atoms with Crippen LogP contribution in [0.4, 0.5) is 0 Å². The van der Waals surface area contributed by atoms with Crippen LogP contribution in [-0.2, 0) is 0 Å². The molecule has 1 amide bonds. The van der Waals surface area contributed by atoms with E-state index in [1.807, 2.05) is 66.7 Å². The number of nitrogens with zero attached hydrogens (tertiary/aromatic N) is 2. The Hall–Kier alpha value is -3.96. The fourth-order valence-electron chi connectivity index (χ4n) is 3.13. The minimum atomic E-state index is -0.419. The smallest absolute Gasteiger partial charge is 0.271 e. The van der Waals surface area contributed by atoms with Crippen LogP contribution in [0.3, 0.4) is 0 Å². The van der Waals surface area contributed by atoms with Gasteiger partial charge in [-0.25, -0.2) is 5.43 Å². The number of amides is 1. The Kier molecular flexibility index (Phi) is 6.05. The molecule has 0 aliphatic carbocycles. The second-order valence-electron chi connectivity index (χ2n) is 6.74. The highest BCUT2D eigenvalue weighted by atomic mass is 35.5. The molecule has 0 aliphatic heterocycles. The van der Waals surface area contributed by atoms with E-state index in [0.29, 0.717) is 5.56 Å². The predicted octanol–water partition coefficient (Wildman–Crippen LogP) is 5.53. The van der Waals surface area contributed by atoms with Crippen molar-refractivity contribution in [2.45, 2.75) is 0 Å². The lowest BCUT2D eigenvalue weighted by molar-refractivity contribution is 0.0955. The number of benzene rings is 3. The Labute approximate surface area is 184 Å². The van der Waals surface area contributed by atoms with Crippen LogP contribution in [0, 0.1) is 0 Å². The van der Waals surface area contributed by atoms with E-state index in [9.17, 15) is 9.90 Å². The molecule has 6 heteroatoms. The van der Waals surface area contributed by atoms with Gasteiger partial charge in [0.15, 0.2) is 0 Å². The molecule has 0 spiro atoms. The van der Waals surface area contributed by atoms with Crippen molar-refractivity contribution in [3.63, 3.8) is 0 Å². The van der Waals surface area contributed by atoms with Crippen molar-refractivity contribution in [1.29, 1.82) is 0 Å². The largest absolute Gasteiger partial charge is 0.506 e. The molecule has 0 fully saturated rings. The van der Waals surface area contributed by atoms with Gasteiger partial charge in [-0.05, 0) is 52.7 Å². The van der Waals surface area contributed by atoms with E-state index in [2.05, 4.69) is 15.5 Å². The van der Waals surface area contributed by atoms with Gasteiger partial charge in [0.2, 0.25) is 0 Å². The molecule has 0 unspecified atom stereocenters. The van der Waals surface area contributed by atoms with Crippen LogP contribution in [0.2, 0.25) is 5.02 Å². The van der Waals surface area contributed by atoms with E-state index in [-0.39, 0.29) is 10.8 Å². The summed E-state index contributed by atoms with van der Waals surface area (Å²) in [5.41, 5.74) is 5.60. The molecule has 0 radical (unpaired) electrons. The molecule has 152 valence electrons. The lowest BCUT2D eigenvalue weighted by atomic mass is 9.99. The molecule has 0 saturated carbocycles. The number of carbonyl (C=O) groups is 1. The highest BCUT2D eigenvalue weighted by Gasteiger charge is 2.08. The van der Waals surface area contributed by atoms with Crippen molar-refractivity contribution in [2.24, 2.45) is 5.10 Å². The zero-order valence-electron chi connectivity index (χ0n) is 16.4. The summed E-state index contributed by atoms with van der Waals surface area (Å²) in [6.07, 6.45) is 7.37. The van der Waals surface area contributed by atoms with Crippen LogP contribution in [0.15, 0.2) is 84.1 Å². The number of pyridine rings is 1. The Morgan fingerprint density at radius 1 is 0.935 bits per heavy atom. The first-order chi connectivity index (χ1) is 15.1. The maximum absolute atomic E-state index is 12.3. The third-order valence-corrected chi connectivity index (χ3v) is 5.00. The zero-order valence-corrected chi connectivity index (χ0v) is 17.1. The molecule has 0 saturated heterocycles. The molecular formula is C25H18ClN3O2. The first-order valence-electron chi connectivity index (χ1n) is 9.54. The molecule has 3 aromatic carbocycles. The number of aromatic hydroxyl groups is 1. The molecule has 2 N–H and O–H groups in total. The van der Waals surface area contributed by atoms with E-state index >= 15 is 0 Å². The Bertz CT molecular complexity index is 1300. The molecule has 1 aromatic heterocycles. The second kappa shape index (κ2) is 9.24. The number of phenolic OH excluding ortho intramolecular Hbond substituents is 1. The fourth-order valence-corrected chi connectivity index (χ4v) is 3.31. The zero-order chi connectivity index (χ0) is 21.6. The molecular weight excluding hydrogens is 410 g/mol. The van der Waals surface area contributed by atoms with Gasteiger partial charge in [-0.1, -0.05) is 60.1 Å². The number of hydrazone groups is 1. The van der Waals surface area contributed by atoms with E-state index in [4.69, 9.17) is 11.6 Å². The first kappa shape index (κ1) is 20.3. The molecule has 0 aliphatic rings. The van der Waals surface area contributed by atoms with Crippen LogP contribution < -0.4 is 5.43 Å². The molecule has 0 atom stereocenters. The van der Waals surface area contributed by atoms with Crippen LogP contribution in [0.5, 0.6) is 5.75 Å². The van der Waals surface area contributed by atoms with Crippen LogP contribution >= 0.6 is 11.6 Å². The molecule has 1 heterocycles. The lowest BCUT2D eigenvalue weighted by Gasteiger charge is -2.06. The number of nitrogens with one attached hydrogen (secondary N) is 1. The number of hydrogen-bond donors (Lipinski definition) is 2. The monoisotopic (exact) mass is 427 g/mol. The standard InChI is InChI=1S/C25H18ClN3O2/c26-23-15-18(11-13-24(23)30)25(31)29-28-16-19-9-8-17(21-6-1-2-7-22(19)21)10-12-20-5-3-4-14-27-20/h1-16,30H,(H,29,31)/b12-10+,28-16+. The fraction of sp³-hybridized carbons (Fsp3) is 0. The van der Waals surface area contributed by atoms with Gasteiger partial charge in [-0.15, -0.1) is 0 Å². The number of halogens is 1. The molecule has 0 bridgehead atoms. The molecule has 4 rings (SSSR count). The third-order valence-electron chi connectivity index (χ3n) is 4.69. The van der Waals surface area contributed by atoms with Crippen LogP contribution in [0.1, 0.15) is 27.2 Å². The number of hydrogen-bond acceptors (Lipinski definition) is 4. The number of rotatable bonds is 5. The van der Waals surface area contributed by atoms with E-state index in [0.717, 1.165) is 27.6 Å². The lowest BCUT2D eigenvalue weighted by Crippen LogP contribution is -2.17. The van der Waals surface area contributed by atoms with Gasteiger partial charge in [0.05, 0.1) is 16.9 Å². The summed E-state index contributed by atoms with van der Waals surface area (Å²) in [5.74, 6) is -0.497. The quantitative estimate of drug-likeness (QED) is 0.325. The summed E-state index contributed by atoms with van der Waals surface area (Å²) in [7, 11) is 0. The van der Waals surface area contributed by atoms with Crippen molar-refractivity contribution in [3.8, 4) is 5.75 Å². The Morgan fingerprint density at radius 2 is 1.68 bits per heavy atom. The number of carbonyl (C=O) groups excluding carboxylic acids is 1. The van der Waals surface area contributed by atoms with Crippen LogP contribution in [-0.4, -0.2) is 22.2 Å². The van der Waals surface area contributed by atoms with Gasteiger partial charge in [0.25, 0.3) is 5.91 Å². The van der Waals surface area contributed by atoms with Crippen LogP contribution in [0.25, 0.3) is 22.9 Å². The number of fused-ring (bicyclic) bond motifs is 1. The molecule has 31 heavy (non-hydrogen) atoms.